The van der Waals surface area contributed by atoms with Gasteiger partial charge in [0.05, 0.1) is 0 Å². The van der Waals surface area contributed by atoms with Crippen molar-refractivity contribution in [2.45, 2.75) is 45.1 Å². The van der Waals surface area contributed by atoms with Gasteiger partial charge in [0.1, 0.15) is 10.7 Å². The highest BCUT2D eigenvalue weighted by atomic mass is 32.1. The van der Waals surface area contributed by atoms with Gasteiger partial charge in [0.25, 0.3) is 5.91 Å². The summed E-state index contributed by atoms with van der Waals surface area (Å²) in [5.41, 5.74) is 1.49. The zero-order chi connectivity index (χ0) is 17.5. The third-order valence-corrected chi connectivity index (χ3v) is 5.67. The molecule has 1 amide bonds. The Bertz CT molecular complexity index is 665. The largest absolute Gasteiger partial charge is 0.351 e. The third kappa shape index (κ3) is 5.09. The molecule has 0 unspecified atom stereocenters. The monoisotopic (exact) mass is 358 g/mol. The molecule has 3 heterocycles. The van der Waals surface area contributed by atoms with E-state index in [-0.39, 0.29) is 5.91 Å². The molecule has 0 spiro atoms. The summed E-state index contributed by atoms with van der Waals surface area (Å²) < 4.78 is 0. The van der Waals surface area contributed by atoms with Gasteiger partial charge in [-0.2, -0.15) is 0 Å². The topological polar surface area (TPSA) is 58.1 Å². The lowest BCUT2D eigenvalue weighted by atomic mass is 10.2. The lowest BCUT2D eigenvalue weighted by molar-refractivity contribution is 0.0944. The highest BCUT2D eigenvalue weighted by Crippen LogP contribution is 2.22. The van der Waals surface area contributed by atoms with Crippen LogP contribution in [0, 0.1) is 0 Å². The van der Waals surface area contributed by atoms with Crippen molar-refractivity contribution in [3.05, 3.63) is 35.6 Å². The van der Waals surface area contributed by atoms with Crippen LogP contribution in [0.15, 0.2) is 29.9 Å². The molecule has 0 aliphatic carbocycles. The van der Waals surface area contributed by atoms with Crippen molar-refractivity contribution in [1.82, 2.24) is 20.2 Å². The Morgan fingerprint density at radius 3 is 2.68 bits per heavy atom. The zero-order valence-electron chi connectivity index (χ0n) is 14.8. The molecule has 1 saturated heterocycles. The van der Waals surface area contributed by atoms with Crippen molar-refractivity contribution >= 4 is 17.2 Å². The molecule has 3 rings (SSSR count). The van der Waals surface area contributed by atoms with Crippen molar-refractivity contribution < 1.29 is 4.79 Å². The summed E-state index contributed by atoms with van der Waals surface area (Å²) in [6.45, 7) is 5.34. The first-order valence-electron chi connectivity index (χ1n) is 9.12. The van der Waals surface area contributed by atoms with Crippen LogP contribution < -0.4 is 5.32 Å². The second kappa shape index (κ2) is 9.06. The van der Waals surface area contributed by atoms with Crippen LogP contribution in [0.2, 0.25) is 0 Å². The Balaban J connectivity index is 1.47. The van der Waals surface area contributed by atoms with Gasteiger partial charge in [-0.15, -0.1) is 11.3 Å². The number of hydrogen-bond acceptors (Lipinski definition) is 5. The van der Waals surface area contributed by atoms with Crippen molar-refractivity contribution in [2.24, 2.45) is 0 Å². The number of amides is 1. The molecule has 0 bridgehead atoms. The predicted molar refractivity (Wildman–Crippen MR) is 102 cm³/mol. The van der Waals surface area contributed by atoms with Gasteiger partial charge in [-0.1, -0.05) is 12.8 Å². The number of rotatable bonds is 6. The van der Waals surface area contributed by atoms with E-state index >= 15 is 0 Å². The minimum atomic E-state index is -0.0837. The van der Waals surface area contributed by atoms with Crippen LogP contribution in [0.25, 0.3) is 10.6 Å². The van der Waals surface area contributed by atoms with Crippen LogP contribution in [0.4, 0.5) is 0 Å². The first-order chi connectivity index (χ1) is 12.2. The molecule has 134 valence electrons. The Morgan fingerprint density at radius 1 is 1.24 bits per heavy atom. The van der Waals surface area contributed by atoms with E-state index in [1.54, 1.807) is 12.4 Å². The second-order valence-corrected chi connectivity index (χ2v) is 7.48. The Kier molecular flexibility index (Phi) is 6.53. The molecular weight excluding hydrogens is 332 g/mol. The molecule has 0 aromatic carbocycles. The molecule has 1 fully saturated rings. The van der Waals surface area contributed by atoms with Gasteiger partial charge in [0, 0.05) is 35.9 Å². The van der Waals surface area contributed by atoms with Gasteiger partial charge in [0.15, 0.2) is 0 Å². The average molecular weight is 359 g/mol. The fourth-order valence-electron chi connectivity index (χ4n) is 3.21. The standard InChI is InChI=1S/C19H26N4OS/c1-15(23-12-4-2-3-5-13-23)6-11-21-18(24)17-14-25-19(22-17)16-7-9-20-10-8-16/h7-10,14-15H,2-6,11-13H2,1H3,(H,21,24)/t15-/m0/s1. The van der Waals surface area contributed by atoms with Crippen LogP contribution in [0.1, 0.15) is 49.5 Å². The fourth-order valence-corrected chi connectivity index (χ4v) is 4.01. The first-order valence-corrected chi connectivity index (χ1v) is 10.00. The van der Waals surface area contributed by atoms with Crippen LogP contribution >= 0.6 is 11.3 Å². The molecule has 1 aliphatic heterocycles. The van der Waals surface area contributed by atoms with Crippen LogP contribution in [-0.2, 0) is 0 Å². The SMILES string of the molecule is C[C@@H](CCNC(=O)c1csc(-c2ccncc2)n1)N1CCCCCC1. The molecule has 1 aliphatic rings. The van der Waals surface area contributed by atoms with Crippen molar-refractivity contribution in [1.29, 1.82) is 0 Å². The van der Waals surface area contributed by atoms with Crippen LogP contribution in [-0.4, -0.2) is 46.5 Å². The third-order valence-electron chi connectivity index (χ3n) is 4.78. The molecule has 1 N–H and O–H groups in total. The summed E-state index contributed by atoms with van der Waals surface area (Å²) in [5, 5.41) is 5.69. The van der Waals surface area contributed by atoms with E-state index in [1.807, 2.05) is 17.5 Å². The number of carbonyl (C=O) groups excluding carboxylic acids is 1. The molecule has 2 aromatic rings. The van der Waals surface area contributed by atoms with Gasteiger partial charge in [-0.25, -0.2) is 4.98 Å². The quantitative estimate of drug-likeness (QED) is 0.857. The average Bonchev–Trinajstić information content (AvgIpc) is 2.98. The number of nitrogens with one attached hydrogen (secondary N) is 1. The Labute approximate surface area is 153 Å². The van der Waals surface area contributed by atoms with Crippen molar-refractivity contribution in [2.75, 3.05) is 19.6 Å². The minimum Gasteiger partial charge on any atom is -0.351 e. The molecule has 2 aromatic heterocycles. The molecular formula is C19H26N4OS. The summed E-state index contributed by atoms with van der Waals surface area (Å²) in [7, 11) is 0. The highest BCUT2D eigenvalue weighted by Gasteiger charge is 2.16. The van der Waals surface area contributed by atoms with Crippen molar-refractivity contribution in [3.63, 3.8) is 0 Å². The number of likely N-dealkylation sites (tertiary alicyclic amines) is 1. The van der Waals surface area contributed by atoms with E-state index in [2.05, 4.69) is 27.1 Å². The summed E-state index contributed by atoms with van der Waals surface area (Å²) >= 11 is 1.49. The normalized spacial score (nSPS) is 17.0. The lowest BCUT2D eigenvalue weighted by Crippen LogP contribution is -2.37. The Hall–Kier alpha value is -1.79. The van der Waals surface area contributed by atoms with E-state index in [0.717, 1.165) is 17.0 Å². The molecule has 25 heavy (non-hydrogen) atoms. The van der Waals surface area contributed by atoms with E-state index in [0.29, 0.717) is 18.3 Å². The van der Waals surface area contributed by atoms with Crippen LogP contribution in [0.5, 0.6) is 0 Å². The maximum atomic E-state index is 12.3. The van der Waals surface area contributed by atoms with E-state index in [4.69, 9.17) is 0 Å². The smallest absolute Gasteiger partial charge is 0.270 e. The van der Waals surface area contributed by atoms with Gasteiger partial charge in [-0.3, -0.25) is 9.78 Å². The predicted octanol–water partition coefficient (Wildman–Crippen LogP) is 3.59. The lowest BCUT2D eigenvalue weighted by Gasteiger charge is -2.27. The summed E-state index contributed by atoms with van der Waals surface area (Å²) in [6.07, 6.45) is 9.75. The second-order valence-electron chi connectivity index (χ2n) is 6.62. The number of carbonyl (C=O) groups is 1. The van der Waals surface area contributed by atoms with Crippen LogP contribution in [0.3, 0.4) is 0 Å². The van der Waals surface area contributed by atoms with Gasteiger partial charge in [-0.05, 0) is 51.4 Å². The summed E-state index contributed by atoms with van der Waals surface area (Å²) in [4.78, 5) is 23.3. The van der Waals surface area contributed by atoms with Gasteiger partial charge in [0.2, 0.25) is 0 Å². The number of hydrogen-bond donors (Lipinski definition) is 1. The number of aromatic nitrogens is 2. The number of thiazole rings is 1. The molecule has 6 heteroatoms. The number of nitrogens with zero attached hydrogens (tertiary/aromatic N) is 3. The summed E-state index contributed by atoms with van der Waals surface area (Å²) in [5.74, 6) is -0.0837. The molecule has 1 atom stereocenters. The van der Waals surface area contributed by atoms with Gasteiger partial charge >= 0.3 is 0 Å². The molecule has 0 saturated carbocycles. The molecule has 0 radical (unpaired) electrons. The Morgan fingerprint density at radius 2 is 1.96 bits per heavy atom. The summed E-state index contributed by atoms with van der Waals surface area (Å²) in [6, 6.07) is 4.33. The minimum absolute atomic E-state index is 0.0837. The van der Waals surface area contributed by atoms with E-state index in [1.165, 1.54) is 50.1 Å². The van der Waals surface area contributed by atoms with Gasteiger partial charge < -0.3 is 10.2 Å². The van der Waals surface area contributed by atoms with E-state index < -0.39 is 0 Å². The first kappa shape index (κ1) is 18.0. The highest BCUT2D eigenvalue weighted by molar-refractivity contribution is 7.13. The maximum Gasteiger partial charge on any atom is 0.270 e. The van der Waals surface area contributed by atoms with Crippen molar-refractivity contribution in [3.8, 4) is 10.6 Å². The molecule has 5 nitrogen and oxygen atoms in total. The maximum absolute atomic E-state index is 12.3. The van der Waals surface area contributed by atoms with E-state index in [9.17, 15) is 4.79 Å². The number of pyridine rings is 1. The zero-order valence-corrected chi connectivity index (χ0v) is 15.6. The fraction of sp³-hybridized carbons (Fsp3) is 0.526.